The van der Waals surface area contributed by atoms with Crippen molar-refractivity contribution in [2.45, 2.75) is 45.7 Å². The summed E-state index contributed by atoms with van der Waals surface area (Å²) in [6.45, 7) is 4.91. The van der Waals surface area contributed by atoms with Crippen molar-refractivity contribution in [2.24, 2.45) is 5.92 Å². The molecular weight excluding hydrogens is 282 g/mol. The molecule has 2 atom stereocenters. The normalized spacial score (nSPS) is 13.4. The van der Waals surface area contributed by atoms with E-state index in [-0.39, 0.29) is 11.8 Å². The Bertz CT molecular complexity index is 465. The van der Waals surface area contributed by atoms with E-state index in [4.69, 9.17) is 5.11 Å². The minimum absolute atomic E-state index is 0.00151. The van der Waals surface area contributed by atoms with Crippen molar-refractivity contribution >= 4 is 11.9 Å². The molecule has 0 saturated heterocycles. The third-order valence-corrected chi connectivity index (χ3v) is 3.48. The van der Waals surface area contributed by atoms with E-state index in [0.717, 1.165) is 12.0 Å². The molecule has 6 heteroatoms. The van der Waals surface area contributed by atoms with Gasteiger partial charge in [-0.2, -0.15) is 0 Å². The van der Waals surface area contributed by atoms with Crippen LogP contribution in [-0.2, 0) is 16.1 Å². The highest BCUT2D eigenvalue weighted by molar-refractivity contribution is 5.76. The minimum Gasteiger partial charge on any atom is -0.480 e. The number of carboxylic acid groups (broad SMARTS) is 1. The molecule has 1 heterocycles. The van der Waals surface area contributed by atoms with Crippen molar-refractivity contribution in [1.82, 2.24) is 15.6 Å². The van der Waals surface area contributed by atoms with Gasteiger partial charge in [0.1, 0.15) is 6.04 Å². The quantitative estimate of drug-likeness (QED) is 0.610. The van der Waals surface area contributed by atoms with Gasteiger partial charge < -0.3 is 15.7 Å². The Labute approximate surface area is 131 Å². The van der Waals surface area contributed by atoms with Gasteiger partial charge in [-0.1, -0.05) is 19.9 Å². The Kier molecular flexibility index (Phi) is 8.14. The number of aromatic nitrogens is 1. The summed E-state index contributed by atoms with van der Waals surface area (Å²) in [5, 5.41) is 14.8. The zero-order valence-corrected chi connectivity index (χ0v) is 13.2. The second kappa shape index (κ2) is 9.89. The first-order chi connectivity index (χ1) is 10.5. The summed E-state index contributed by atoms with van der Waals surface area (Å²) in [4.78, 5) is 26.7. The van der Waals surface area contributed by atoms with E-state index in [1.807, 2.05) is 26.0 Å². The molecule has 0 bridgehead atoms. The number of carbonyl (C=O) groups excluding carboxylic acids is 1. The fourth-order valence-electron chi connectivity index (χ4n) is 2.10. The number of carbonyl (C=O) groups is 2. The Morgan fingerprint density at radius 1 is 1.41 bits per heavy atom. The molecule has 22 heavy (non-hydrogen) atoms. The van der Waals surface area contributed by atoms with Crippen molar-refractivity contribution in [3.8, 4) is 0 Å². The van der Waals surface area contributed by atoms with Gasteiger partial charge in [-0.15, -0.1) is 0 Å². The van der Waals surface area contributed by atoms with Crippen molar-refractivity contribution in [3.63, 3.8) is 0 Å². The number of carboxylic acids is 1. The third kappa shape index (κ3) is 7.17. The van der Waals surface area contributed by atoms with Crippen LogP contribution >= 0.6 is 0 Å². The lowest BCUT2D eigenvalue weighted by atomic mass is 10.0. The third-order valence-electron chi connectivity index (χ3n) is 3.48. The highest BCUT2D eigenvalue weighted by Gasteiger charge is 2.14. The van der Waals surface area contributed by atoms with Crippen molar-refractivity contribution in [2.75, 3.05) is 6.54 Å². The fourth-order valence-corrected chi connectivity index (χ4v) is 2.10. The topological polar surface area (TPSA) is 91.3 Å². The molecule has 0 saturated carbocycles. The van der Waals surface area contributed by atoms with E-state index in [2.05, 4.69) is 15.6 Å². The molecule has 0 aliphatic heterocycles. The average molecular weight is 307 g/mol. The van der Waals surface area contributed by atoms with Crippen LogP contribution in [0.5, 0.6) is 0 Å². The number of rotatable bonds is 10. The summed E-state index contributed by atoms with van der Waals surface area (Å²) in [5.74, 6) is -0.626. The first kappa shape index (κ1) is 18.1. The molecule has 1 unspecified atom stereocenters. The molecule has 1 rings (SSSR count). The molecule has 0 radical (unpaired) electrons. The lowest BCUT2D eigenvalue weighted by Gasteiger charge is -2.15. The Morgan fingerprint density at radius 3 is 2.77 bits per heavy atom. The number of nitrogens with one attached hydrogen (secondary N) is 2. The number of hydrogen-bond acceptors (Lipinski definition) is 4. The van der Waals surface area contributed by atoms with Gasteiger partial charge in [-0.3, -0.25) is 14.6 Å². The summed E-state index contributed by atoms with van der Waals surface area (Å²) >= 11 is 0. The first-order valence-electron chi connectivity index (χ1n) is 7.64. The van der Waals surface area contributed by atoms with E-state index in [9.17, 15) is 9.59 Å². The molecule has 122 valence electrons. The van der Waals surface area contributed by atoms with Crippen LogP contribution < -0.4 is 10.6 Å². The summed E-state index contributed by atoms with van der Waals surface area (Å²) in [6.07, 6.45) is 5.18. The second-order valence-corrected chi connectivity index (χ2v) is 5.49. The van der Waals surface area contributed by atoms with E-state index < -0.39 is 12.0 Å². The van der Waals surface area contributed by atoms with Crippen LogP contribution in [0.3, 0.4) is 0 Å². The molecular formula is C16H25N3O3. The number of amides is 1. The van der Waals surface area contributed by atoms with Gasteiger partial charge in [-0.25, -0.2) is 0 Å². The van der Waals surface area contributed by atoms with Gasteiger partial charge >= 0.3 is 5.97 Å². The maximum absolute atomic E-state index is 11.8. The lowest BCUT2D eigenvalue weighted by Crippen LogP contribution is -2.37. The van der Waals surface area contributed by atoms with E-state index >= 15 is 0 Å². The average Bonchev–Trinajstić information content (AvgIpc) is 2.50. The summed E-state index contributed by atoms with van der Waals surface area (Å²) in [5.41, 5.74) is 0.970. The largest absolute Gasteiger partial charge is 0.480 e. The number of aliphatic carboxylic acids is 1. The van der Waals surface area contributed by atoms with Gasteiger partial charge in [0.15, 0.2) is 0 Å². The van der Waals surface area contributed by atoms with Crippen molar-refractivity contribution in [1.29, 1.82) is 0 Å². The van der Waals surface area contributed by atoms with Gasteiger partial charge in [0.25, 0.3) is 0 Å². The summed E-state index contributed by atoms with van der Waals surface area (Å²) in [6, 6.07) is 3.24. The predicted molar refractivity (Wildman–Crippen MR) is 84.2 cm³/mol. The summed E-state index contributed by atoms with van der Waals surface area (Å²) in [7, 11) is 0. The van der Waals surface area contributed by atoms with E-state index in [1.54, 1.807) is 12.4 Å². The molecule has 0 fully saturated rings. The van der Waals surface area contributed by atoms with Crippen LogP contribution in [0.2, 0.25) is 0 Å². The van der Waals surface area contributed by atoms with Crippen LogP contribution in [0.1, 0.15) is 38.7 Å². The second-order valence-electron chi connectivity index (χ2n) is 5.49. The zero-order valence-electron chi connectivity index (χ0n) is 13.2. The van der Waals surface area contributed by atoms with Crippen LogP contribution in [0.25, 0.3) is 0 Å². The molecule has 3 N–H and O–H groups in total. The molecule has 1 aromatic rings. The minimum atomic E-state index is -0.829. The number of nitrogens with zero attached hydrogens (tertiary/aromatic N) is 1. The molecule has 0 aromatic carbocycles. The van der Waals surface area contributed by atoms with Crippen molar-refractivity contribution < 1.29 is 14.7 Å². The standard InChI is InChI=1S/C16H25N3O3/c1-3-14(16(21)22)18-8-6-12(2)9-15(20)19-11-13-5-4-7-17-10-13/h4-5,7,10,12,14,18H,3,6,8-9,11H2,1-2H3,(H,19,20)(H,21,22)/t12?,14-/m1/s1. The van der Waals surface area contributed by atoms with Gasteiger partial charge in [-0.05, 0) is 36.9 Å². The SMILES string of the molecule is CC[C@@H](NCCC(C)CC(=O)NCc1cccnc1)C(=O)O. The maximum Gasteiger partial charge on any atom is 0.320 e. The van der Waals surface area contributed by atoms with E-state index in [1.165, 1.54) is 0 Å². The molecule has 6 nitrogen and oxygen atoms in total. The molecule has 1 amide bonds. The van der Waals surface area contributed by atoms with Gasteiger partial charge in [0, 0.05) is 25.4 Å². The van der Waals surface area contributed by atoms with Gasteiger partial charge in [0.05, 0.1) is 0 Å². The Morgan fingerprint density at radius 2 is 2.18 bits per heavy atom. The fraction of sp³-hybridized carbons (Fsp3) is 0.562. The Balaban J connectivity index is 2.19. The summed E-state index contributed by atoms with van der Waals surface area (Å²) < 4.78 is 0. The zero-order chi connectivity index (χ0) is 16.4. The molecule has 0 aliphatic rings. The van der Waals surface area contributed by atoms with Crippen molar-refractivity contribution in [3.05, 3.63) is 30.1 Å². The maximum atomic E-state index is 11.8. The first-order valence-corrected chi connectivity index (χ1v) is 7.64. The highest BCUT2D eigenvalue weighted by Crippen LogP contribution is 2.07. The predicted octanol–water partition coefficient (Wildman–Crippen LogP) is 1.57. The number of pyridine rings is 1. The smallest absolute Gasteiger partial charge is 0.320 e. The molecule has 0 aliphatic carbocycles. The Hall–Kier alpha value is -1.95. The highest BCUT2D eigenvalue weighted by atomic mass is 16.4. The lowest BCUT2D eigenvalue weighted by molar-refractivity contribution is -0.139. The molecule has 1 aromatic heterocycles. The van der Waals surface area contributed by atoms with Crippen LogP contribution in [-0.4, -0.2) is 34.6 Å². The number of hydrogen-bond donors (Lipinski definition) is 3. The van der Waals surface area contributed by atoms with E-state index in [0.29, 0.717) is 25.9 Å². The van der Waals surface area contributed by atoms with Crippen LogP contribution in [0.15, 0.2) is 24.5 Å². The molecule has 0 spiro atoms. The van der Waals surface area contributed by atoms with Gasteiger partial charge in [0.2, 0.25) is 5.91 Å². The monoisotopic (exact) mass is 307 g/mol. The van der Waals surface area contributed by atoms with Crippen LogP contribution in [0.4, 0.5) is 0 Å². The van der Waals surface area contributed by atoms with Crippen LogP contribution in [0, 0.1) is 5.92 Å².